The number of thiocarbonyl (C=S) groups is 1. The van der Waals surface area contributed by atoms with Crippen LogP contribution in [-0.2, 0) is 11.4 Å². The average molecular weight is 636 g/mol. The van der Waals surface area contributed by atoms with Gasteiger partial charge in [-0.25, -0.2) is 0 Å². The molecule has 36 heavy (non-hydrogen) atoms. The van der Waals surface area contributed by atoms with E-state index in [0.29, 0.717) is 27.3 Å². The molecular formula is C25H22IN3O5S2. The fourth-order valence-corrected chi connectivity index (χ4v) is 5.73. The van der Waals surface area contributed by atoms with Gasteiger partial charge in [0.1, 0.15) is 6.61 Å². The van der Waals surface area contributed by atoms with Crippen LogP contribution in [0.1, 0.15) is 29.4 Å². The number of aryl methyl sites for hydroxylation is 2. The predicted octanol–water partition coefficient (Wildman–Crippen LogP) is 6.13. The van der Waals surface area contributed by atoms with Crippen molar-refractivity contribution in [2.45, 2.75) is 27.4 Å². The topological polar surface area (TPSA) is 86.8 Å². The molecule has 186 valence electrons. The van der Waals surface area contributed by atoms with Crippen molar-refractivity contribution in [3.8, 4) is 11.5 Å². The van der Waals surface area contributed by atoms with Crippen LogP contribution in [0.25, 0.3) is 6.08 Å². The molecule has 1 aliphatic rings. The number of carbonyl (C=O) groups excluding carboxylic acids is 1. The van der Waals surface area contributed by atoms with Gasteiger partial charge in [-0.15, -0.1) is 0 Å². The largest absolute Gasteiger partial charge is 0.490 e. The highest BCUT2D eigenvalue weighted by atomic mass is 127. The summed E-state index contributed by atoms with van der Waals surface area (Å²) in [5.41, 5.74) is 3.45. The second-order valence-electron chi connectivity index (χ2n) is 7.90. The van der Waals surface area contributed by atoms with Crippen molar-refractivity contribution < 1.29 is 19.2 Å². The molecule has 0 N–H and O–H groups in total. The average Bonchev–Trinajstić information content (AvgIpc) is 3.30. The molecule has 2 aromatic carbocycles. The van der Waals surface area contributed by atoms with E-state index < -0.39 is 4.92 Å². The number of halogens is 1. The maximum Gasteiger partial charge on any atom is 0.285 e. The van der Waals surface area contributed by atoms with E-state index in [1.165, 1.54) is 28.9 Å². The van der Waals surface area contributed by atoms with Crippen molar-refractivity contribution in [2.75, 3.05) is 11.6 Å². The number of nitro groups is 1. The molecule has 8 nitrogen and oxygen atoms in total. The van der Waals surface area contributed by atoms with Gasteiger partial charge in [0.2, 0.25) is 0 Å². The summed E-state index contributed by atoms with van der Waals surface area (Å²) in [6.07, 6.45) is 1.80. The lowest BCUT2D eigenvalue weighted by Gasteiger charge is -2.20. The Bertz CT molecular complexity index is 1370. The zero-order valence-electron chi connectivity index (χ0n) is 19.7. The third-order valence-electron chi connectivity index (χ3n) is 5.37. The maximum absolute atomic E-state index is 13.2. The Balaban J connectivity index is 1.59. The standard InChI is InChI=1S/C25H22IN3O5S2/c1-4-33-21-12-18(11-20(26)23(21)34-14-17-7-9-19(10-8-17)29(31)32)13-22-24(30)28(25(35)36-22)27-15(2)5-6-16(27)3/h5-13H,4,14H2,1-3H3/b22-13+. The molecule has 0 saturated carbocycles. The summed E-state index contributed by atoms with van der Waals surface area (Å²) in [6, 6.07) is 13.9. The van der Waals surface area contributed by atoms with Gasteiger partial charge in [0.05, 0.1) is 20.0 Å². The van der Waals surface area contributed by atoms with Crippen LogP contribution in [0.5, 0.6) is 11.5 Å². The van der Waals surface area contributed by atoms with Crippen molar-refractivity contribution in [3.05, 3.63) is 89.6 Å². The molecule has 1 aliphatic heterocycles. The van der Waals surface area contributed by atoms with Crippen LogP contribution in [-0.4, -0.2) is 26.4 Å². The summed E-state index contributed by atoms with van der Waals surface area (Å²) in [6.45, 7) is 6.40. The van der Waals surface area contributed by atoms with Crippen LogP contribution in [0.4, 0.5) is 5.69 Å². The molecule has 1 amide bonds. The molecule has 11 heteroatoms. The fraction of sp³-hybridized carbons (Fsp3) is 0.200. The van der Waals surface area contributed by atoms with Gasteiger partial charge in [0.15, 0.2) is 15.8 Å². The number of nitro benzene ring substituents is 1. The molecule has 0 atom stereocenters. The van der Waals surface area contributed by atoms with E-state index >= 15 is 0 Å². The second kappa shape index (κ2) is 11.0. The zero-order chi connectivity index (χ0) is 26.0. The third kappa shape index (κ3) is 5.42. The van der Waals surface area contributed by atoms with Gasteiger partial charge in [-0.1, -0.05) is 11.8 Å². The molecular weight excluding hydrogens is 613 g/mol. The lowest BCUT2D eigenvalue weighted by Crippen LogP contribution is -2.39. The number of hydrogen-bond acceptors (Lipinski definition) is 7. The van der Waals surface area contributed by atoms with Crippen molar-refractivity contribution >= 4 is 68.6 Å². The first-order valence-electron chi connectivity index (χ1n) is 10.9. The van der Waals surface area contributed by atoms with Crippen LogP contribution in [0.15, 0.2) is 53.4 Å². The molecule has 1 saturated heterocycles. The summed E-state index contributed by atoms with van der Waals surface area (Å²) in [7, 11) is 0. The summed E-state index contributed by atoms with van der Waals surface area (Å²) in [5, 5.41) is 12.4. The van der Waals surface area contributed by atoms with Crippen LogP contribution in [0.3, 0.4) is 0 Å². The van der Waals surface area contributed by atoms with Crippen molar-refractivity contribution in [3.63, 3.8) is 0 Å². The van der Waals surface area contributed by atoms with E-state index in [0.717, 1.165) is 26.1 Å². The van der Waals surface area contributed by atoms with Gasteiger partial charge in [0, 0.05) is 23.5 Å². The number of carbonyl (C=O) groups is 1. The van der Waals surface area contributed by atoms with Gasteiger partial charge in [-0.05, 0) is 109 Å². The summed E-state index contributed by atoms with van der Waals surface area (Å²) in [5.74, 6) is 0.933. The first-order valence-corrected chi connectivity index (χ1v) is 13.3. The highest BCUT2D eigenvalue weighted by molar-refractivity contribution is 14.1. The highest BCUT2D eigenvalue weighted by Crippen LogP contribution is 2.38. The summed E-state index contributed by atoms with van der Waals surface area (Å²) < 4.78 is 15.0. The number of benzene rings is 2. The Kier molecular flexibility index (Phi) is 8.00. The zero-order valence-corrected chi connectivity index (χ0v) is 23.5. The molecule has 1 fully saturated rings. The predicted molar refractivity (Wildman–Crippen MR) is 153 cm³/mol. The van der Waals surface area contributed by atoms with Gasteiger partial charge in [-0.2, -0.15) is 5.01 Å². The van der Waals surface area contributed by atoms with E-state index in [9.17, 15) is 14.9 Å². The fourth-order valence-electron chi connectivity index (χ4n) is 3.70. The molecule has 0 radical (unpaired) electrons. The van der Waals surface area contributed by atoms with E-state index in [2.05, 4.69) is 22.6 Å². The first-order chi connectivity index (χ1) is 17.2. The Morgan fingerprint density at radius 1 is 1.11 bits per heavy atom. The molecule has 4 rings (SSSR count). The Labute approximate surface area is 231 Å². The number of ether oxygens (including phenoxy) is 2. The molecule has 3 aromatic rings. The van der Waals surface area contributed by atoms with E-state index in [4.69, 9.17) is 21.7 Å². The minimum absolute atomic E-state index is 0.0280. The van der Waals surface area contributed by atoms with Crippen LogP contribution >= 0.6 is 46.6 Å². The van der Waals surface area contributed by atoms with E-state index in [1.807, 2.05) is 49.7 Å². The number of non-ortho nitro benzene ring substituents is 1. The SMILES string of the molecule is CCOc1cc(/C=C2/SC(=S)N(n3c(C)ccc3C)C2=O)cc(I)c1OCc1ccc([N+](=O)[O-])cc1. The number of nitrogens with zero attached hydrogens (tertiary/aromatic N) is 3. The Morgan fingerprint density at radius 2 is 1.78 bits per heavy atom. The van der Waals surface area contributed by atoms with Gasteiger partial charge in [0.25, 0.3) is 11.6 Å². The second-order valence-corrected chi connectivity index (χ2v) is 10.7. The molecule has 0 bridgehead atoms. The number of amides is 1. The maximum atomic E-state index is 13.2. The molecule has 2 heterocycles. The molecule has 1 aromatic heterocycles. The number of hydrogen-bond donors (Lipinski definition) is 0. The highest BCUT2D eigenvalue weighted by Gasteiger charge is 2.34. The van der Waals surface area contributed by atoms with E-state index in [1.54, 1.807) is 18.2 Å². The van der Waals surface area contributed by atoms with Gasteiger partial charge >= 0.3 is 0 Å². The quantitative estimate of drug-likeness (QED) is 0.0968. The van der Waals surface area contributed by atoms with Crippen molar-refractivity contribution in [1.82, 2.24) is 4.68 Å². The monoisotopic (exact) mass is 635 g/mol. The molecule has 0 aliphatic carbocycles. The number of rotatable bonds is 8. The van der Waals surface area contributed by atoms with Gasteiger partial charge < -0.3 is 9.47 Å². The third-order valence-corrected chi connectivity index (χ3v) is 7.45. The van der Waals surface area contributed by atoms with Crippen molar-refractivity contribution in [2.24, 2.45) is 0 Å². The number of aromatic nitrogens is 1. The molecule has 0 spiro atoms. The number of thioether (sulfide) groups is 1. The van der Waals surface area contributed by atoms with E-state index in [-0.39, 0.29) is 18.2 Å². The first kappa shape index (κ1) is 26.2. The smallest absolute Gasteiger partial charge is 0.285 e. The van der Waals surface area contributed by atoms with Crippen LogP contribution < -0.4 is 14.5 Å². The minimum atomic E-state index is -0.436. The summed E-state index contributed by atoms with van der Waals surface area (Å²) in [4.78, 5) is 24.2. The lowest BCUT2D eigenvalue weighted by atomic mass is 10.1. The van der Waals surface area contributed by atoms with Gasteiger partial charge in [-0.3, -0.25) is 19.6 Å². The lowest BCUT2D eigenvalue weighted by molar-refractivity contribution is -0.384. The Morgan fingerprint density at radius 3 is 2.39 bits per heavy atom. The van der Waals surface area contributed by atoms with Crippen molar-refractivity contribution in [1.29, 1.82) is 0 Å². The van der Waals surface area contributed by atoms with Crippen LogP contribution in [0.2, 0.25) is 0 Å². The minimum Gasteiger partial charge on any atom is -0.490 e. The van der Waals surface area contributed by atoms with Crippen LogP contribution in [0, 0.1) is 27.5 Å². The molecule has 0 unspecified atom stereocenters. The summed E-state index contributed by atoms with van der Waals surface area (Å²) >= 11 is 8.95. The normalized spacial score (nSPS) is 14.6. The Hall–Kier alpha value is -2.90.